The Bertz CT molecular complexity index is 3390. The number of ether oxygens (including phenoxy) is 1. The molecule has 0 bridgehead atoms. The first-order valence-corrected chi connectivity index (χ1v) is 15.9. The predicted molar refractivity (Wildman–Crippen MR) is 198 cm³/mol. The van der Waals surface area contributed by atoms with Crippen LogP contribution in [0.4, 0.5) is 22.0 Å². The molecule has 5 aromatic rings. The van der Waals surface area contributed by atoms with Crippen molar-refractivity contribution in [3.05, 3.63) is 135 Å². The fourth-order valence-electron chi connectivity index (χ4n) is 4.57. The number of fused-ring (bicyclic) bond motifs is 1. The standard InChI is InChI=1S/C41H40F5N3O3S/c1-27-6-15-36-34(22-27)37(50)23-39(53-26-31-4-3-5-35(42)40(31)43)49(36)25-38(51)48(33-16-18-47(19-17-33)20-21-52-2)24-28-7-9-29(10-8-28)30-11-13-32(14-12-30)41(44,45)46/h3-15,22-23,33H,16-21,24-26H2,1-2H3/i2D3,3D,4D,5D,6D,7D,8D,9D,10D,11D,12D,13D,14D,15D,16D2,17D2,18D2,19D2,22D,23D,33D. The Hall–Kier alpha value is -4.52. The lowest BCUT2D eigenvalue weighted by atomic mass is 10.00. The maximum Gasteiger partial charge on any atom is 0.416 e. The van der Waals surface area contributed by atoms with Crippen LogP contribution < -0.4 is 5.43 Å². The predicted octanol–water partition coefficient (Wildman–Crippen LogP) is 8.71. The van der Waals surface area contributed by atoms with Crippen LogP contribution in [0.15, 0.2) is 100 Å². The molecule has 278 valence electrons. The smallest absolute Gasteiger partial charge is 0.383 e. The minimum atomic E-state index is -5.51. The average Bonchev–Trinajstić information content (AvgIpc) is 3.50. The first kappa shape index (κ1) is 16.9. The number of hydrogen-bond acceptors (Lipinski definition) is 5. The van der Waals surface area contributed by atoms with Gasteiger partial charge < -0.3 is 19.1 Å². The van der Waals surface area contributed by atoms with Crippen LogP contribution in [0.3, 0.4) is 0 Å². The van der Waals surface area contributed by atoms with Crippen molar-refractivity contribution in [2.24, 2.45) is 0 Å². The molecule has 0 aliphatic carbocycles. The number of thioether (sulfide) groups is 1. The summed E-state index contributed by atoms with van der Waals surface area (Å²) in [5.41, 5.74) is -9.58. The molecule has 0 unspecified atom stereocenters. The summed E-state index contributed by atoms with van der Waals surface area (Å²) in [6, 6.07) is -24.5. The Kier molecular flexibility index (Phi) is 5.30. The number of benzene rings is 4. The number of carbonyl (C=O) groups is 1. The van der Waals surface area contributed by atoms with Crippen LogP contribution in [0.2, 0.25) is 0 Å². The number of carbonyl (C=O) groups excluding carboxylic acids is 1. The van der Waals surface area contributed by atoms with Crippen LogP contribution in [-0.4, -0.2) is 59.5 Å². The fourth-order valence-corrected chi connectivity index (χ4v) is 5.53. The van der Waals surface area contributed by atoms with Crippen molar-refractivity contribution in [1.29, 1.82) is 0 Å². The highest BCUT2D eigenvalue weighted by atomic mass is 32.2. The monoisotopic (exact) mass is 776 g/mol. The molecule has 1 aliphatic rings. The third kappa shape index (κ3) is 9.17. The Balaban J connectivity index is 1.71. The van der Waals surface area contributed by atoms with Crippen molar-refractivity contribution in [2.45, 2.75) is 55.7 Å². The normalized spacial score (nSPS) is 26.1. The number of nitrogens with zero attached hydrogens (tertiary/aromatic N) is 3. The van der Waals surface area contributed by atoms with Crippen LogP contribution in [0.1, 0.15) is 72.0 Å². The van der Waals surface area contributed by atoms with Crippen LogP contribution in [0.25, 0.3) is 22.0 Å². The molecule has 0 spiro atoms. The van der Waals surface area contributed by atoms with E-state index in [9.17, 15) is 29.2 Å². The number of methoxy groups -OCH3 is 1. The number of alkyl halides is 3. The molecular weight excluding hydrogens is 710 g/mol. The van der Waals surface area contributed by atoms with Crippen LogP contribution in [0.5, 0.6) is 0 Å². The quantitative estimate of drug-likeness (QED) is 0.0938. The van der Waals surface area contributed by atoms with Gasteiger partial charge in [-0.2, -0.15) is 13.2 Å². The maximum atomic E-state index is 15.6. The molecule has 1 aromatic heterocycles. The minimum Gasteiger partial charge on any atom is -0.383 e. The van der Waals surface area contributed by atoms with Crippen molar-refractivity contribution in [3.8, 4) is 11.1 Å². The van der Waals surface area contributed by atoms with Crippen molar-refractivity contribution >= 4 is 28.6 Å². The van der Waals surface area contributed by atoms with E-state index in [1.54, 1.807) is 0 Å². The molecule has 0 saturated carbocycles. The lowest BCUT2D eigenvalue weighted by Gasteiger charge is -2.39. The summed E-state index contributed by atoms with van der Waals surface area (Å²) in [4.78, 5) is 29.1. The molecule has 53 heavy (non-hydrogen) atoms. The van der Waals surface area contributed by atoms with E-state index < -0.39 is 234 Å². The summed E-state index contributed by atoms with van der Waals surface area (Å²) in [5, 5.41) is -1.86. The van der Waals surface area contributed by atoms with E-state index in [1.807, 2.05) is 0 Å². The van der Waals surface area contributed by atoms with Crippen molar-refractivity contribution in [3.63, 3.8) is 0 Å². The topological polar surface area (TPSA) is 54.8 Å². The van der Waals surface area contributed by atoms with E-state index in [0.29, 0.717) is 4.57 Å². The molecule has 12 heteroatoms. The summed E-state index contributed by atoms with van der Waals surface area (Å²) < 4.78 is 310. The van der Waals surface area contributed by atoms with Crippen LogP contribution >= 0.6 is 11.8 Å². The lowest BCUT2D eigenvalue weighted by molar-refractivity contribution is -0.137. The number of piperidine rings is 1. The van der Waals surface area contributed by atoms with Gasteiger partial charge in [0.1, 0.15) is 6.54 Å². The van der Waals surface area contributed by atoms with Gasteiger partial charge in [0.15, 0.2) is 17.1 Å². The van der Waals surface area contributed by atoms with E-state index in [4.69, 9.17) is 30.2 Å². The zero-order chi connectivity index (χ0) is 61.3. The van der Waals surface area contributed by atoms with Crippen molar-refractivity contribution in [1.82, 2.24) is 14.4 Å². The van der Waals surface area contributed by atoms with E-state index in [-0.39, 0.29) is 27.1 Å². The highest BCUT2D eigenvalue weighted by Gasteiger charge is 2.31. The van der Waals surface area contributed by atoms with Gasteiger partial charge in [-0.25, -0.2) is 8.78 Å². The van der Waals surface area contributed by atoms with Gasteiger partial charge in [0.05, 0.1) is 48.8 Å². The minimum absolute atomic E-state index is 0.0724. The number of halogens is 5. The van der Waals surface area contributed by atoms with Gasteiger partial charge in [0, 0.05) is 72.9 Å². The first-order chi connectivity index (χ1) is 36.2. The largest absolute Gasteiger partial charge is 0.416 e. The molecule has 6 nitrogen and oxygen atoms in total. The van der Waals surface area contributed by atoms with Crippen molar-refractivity contribution < 1.29 is 68.5 Å². The molecule has 1 fully saturated rings. The second-order valence-corrected chi connectivity index (χ2v) is 11.7. The van der Waals surface area contributed by atoms with E-state index in [0.717, 1.165) is 6.92 Å². The van der Waals surface area contributed by atoms with Crippen molar-refractivity contribution in [2.75, 3.05) is 33.2 Å². The Morgan fingerprint density at radius 3 is 2.40 bits per heavy atom. The van der Waals surface area contributed by atoms with Crippen LogP contribution in [0, 0.1) is 18.6 Å². The van der Waals surface area contributed by atoms with Gasteiger partial charge in [-0.05, 0) is 66.6 Å². The maximum absolute atomic E-state index is 15.6. The zero-order valence-corrected chi connectivity index (χ0v) is 27.7. The molecule has 4 aromatic carbocycles. The molecule has 2 heterocycles. The van der Waals surface area contributed by atoms with Gasteiger partial charge >= 0.3 is 6.18 Å². The number of aromatic nitrogens is 1. The molecule has 1 amide bonds. The highest BCUT2D eigenvalue weighted by molar-refractivity contribution is 7.98. The summed E-state index contributed by atoms with van der Waals surface area (Å²) in [5.74, 6) is -6.94. The summed E-state index contributed by atoms with van der Waals surface area (Å²) >= 11 is 0.0724. The number of likely N-dealkylation sites (tertiary alicyclic amines) is 1. The Morgan fingerprint density at radius 1 is 1.02 bits per heavy atom. The van der Waals surface area contributed by atoms with Crippen LogP contribution in [-0.2, 0) is 34.6 Å². The molecule has 1 saturated heterocycles. The van der Waals surface area contributed by atoms with E-state index in [2.05, 4.69) is 4.74 Å². The third-order valence-electron chi connectivity index (χ3n) is 7.13. The lowest BCUT2D eigenvalue weighted by Crippen LogP contribution is -2.48. The Morgan fingerprint density at radius 2 is 1.72 bits per heavy atom. The molecule has 0 radical (unpaired) electrons. The zero-order valence-electron chi connectivity index (χ0n) is 53.9. The third-order valence-corrected chi connectivity index (χ3v) is 8.16. The van der Waals surface area contributed by atoms with E-state index in [1.165, 1.54) is 0 Å². The SMILES string of the molecule is [2H]c1c([2H])c(F)c(F)c(CSc2c([2H])c(=O)c3c([2H])c(C)c([2H])c([2H])c3n2CC(=O)N(Cc2c([2H])c([2H])c(-c3c([2H])c([2H])c(C(F)(F)F)c([2H])c3[2H])c([2H])c2[2H])C2([2H])C([2H])([2H])C([2H])([2H])N(CCOC([2H])([2H])[2H])C([2H])([2H])C2([2H])[2H])c1[2H]. The Labute approximate surface area is 347 Å². The van der Waals surface area contributed by atoms with Gasteiger partial charge in [0.25, 0.3) is 0 Å². The second-order valence-electron chi connectivity index (χ2n) is 10.7. The van der Waals surface area contributed by atoms with E-state index >= 15 is 9.18 Å². The molecule has 6 rings (SSSR count). The molecule has 0 N–H and O–H groups in total. The van der Waals surface area contributed by atoms with Gasteiger partial charge in [-0.1, -0.05) is 59.9 Å². The van der Waals surface area contributed by atoms with Gasteiger partial charge in [0.2, 0.25) is 5.91 Å². The van der Waals surface area contributed by atoms with Gasteiger partial charge in [-0.15, -0.1) is 11.8 Å². The number of amides is 1. The first-order valence-electron chi connectivity index (χ1n) is 28.4. The molecule has 1 aliphatic heterocycles. The van der Waals surface area contributed by atoms with Gasteiger partial charge in [-0.3, -0.25) is 9.59 Å². The highest BCUT2D eigenvalue weighted by Crippen LogP contribution is 2.32. The average molecular weight is 777 g/mol. The molecular formula is C41H40F5N3O3S. The summed E-state index contributed by atoms with van der Waals surface area (Å²) in [6.07, 6.45) is -14.4. The molecule has 0 atom stereocenters. The number of hydrogen-bond donors (Lipinski definition) is 0. The summed E-state index contributed by atoms with van der Waals surface area (Å²) in [6.45, 7) is -13.3. The number of pyridine rings is 1. The number of rotatable bonds is 12. The fraction of sp³-hybridized carbons (Fsp3) is 0.317. The second kappa shape index (κ2) is 16.7. The summed E-state index contributed by atoms with van der Waals surface area (Å²) in [7, 11) is -3.25.